The summed E-state index contributed by atoms with van der Waals surface area (Å²) in [6, 6.07) is 17.7. The van der Waals surface area contributed by atoms with E-state index in [1.54, 1.807) is 30.3 Å². The Morgan fingerprint density at radius 3 is 2.77 bits per heavy atom. The van der Waals surface area contributed by atoms with Gasteiger partial charge in [-0.2, -0.15) is 0 Å². The largest absolute Gasteiger partial charge is 0.459 e. The molecule has 0 fully saturated rings. The average molecular weight is 439 g/mol. The van der Waals surface area contributed by atoms with Gasteiger partial charge in [-0.1, -0.05) is 48.0 Å². The smallest absolute Gasteiger partial charge is 0.329 e. The Hall–Kier alpha value is -3.09. The van der Waals surface area contributed by atoms with Crippen molar-refractivity contribution in [1.82, 2.24) is 10.3 Å². The highest BCUT2D eigenvalue weighted by molar-refractivity contribution is 7.12. The van der Waals surface area contributed by atoms with Gasteiger partial charge < -0.3 is 15.0 Å². The molecular formula is C23H19ClN2O3S. The first kappa shape index (κ1) is 20.2. The maximum absolute atomic E-state index is 12.9. The second kappa shape index (κ2) is 9.15. The Balaban J connectivity index is 1.52. The number of carbonyl (C=O) groups excluding carboxylic acids is 2. The van der Waals surface area contributed by atoms with Gasteiger partial charge in [-0.25, -0.2) is 4.79 Å². The van der Waals surface area contributed by atoms with Gasteiger partial charge in [-0.05, 0) is 40.8 Å². The molecule has 7 heteroatoms. The summed E-state index contributed by atoms with van der Waals surface area (Å²) < 4.78 is 5.51. The highest BCUT2D eigenvalue weighted by atomic mass is 35.5. The van der Waals surface area contributed by atoms with Gasteiger partial charge in [-0.3, -0.25) is 4.79 Å². The number of para-hydroxylation sites is 1. The molecule has 0 aliphatic rings. The number of amides is 1. The van der Waals surface area contributed by atoms with Gasteiger partial charge in [0.05, 0.1) is 4.88 Å². The molecule has 0 aliphatic carbocycles. The number of benzene rings is 2. The maximum atomic E-state index is 12.9. The van der Waals surface area contributed by atoms with Crippen molar-refractivity contribution in [1.29, 1.82) is 0 Å². The number of fused-ring (bicyclic) bond motifs is 1. The topological polar surface area (TPSA) is 71.2 Å². The van der Waals surface area contributed by atoms with Crippen LogP contribution in [0.4, 0.5) is 0 Å². The van der Waals surface area contributed by atoms with Crippen LogP contribution in [-0.4, -0.2) is 22.9 Å². The van der Waals surface area contributed by atoms with E-state index >= 15 is 0 Å². The summed E-state index contributed by atoms with van der Waals surface area (Å²) in [5.41, 5.74) is 2.69. The lowest BCUT2D eigenvalue weighted by molar-refractivity contribution is -0.147. The van der Waals surface area contributed by atoms with Crippen LogP contribution in [0.15, 0.2) is 72.2 Å². The van der Waals surface area contributed by atoms with Crippen molar-refractivity contribution in [2.75, 3.05) is 0 Å². The predicted molar refractivity (Wildman–Crippen MR) is 119 cm³/mol. The van der Waals surface area contributed by atoms with Gasteiger partial charge in [0, 0.05) is 28.5 Å². The number of ether oxygens (including phenoxy) is 1. The van der Waals surface area contributed by atoms with Crippen LogP contribution in [-0.2, 0) is 22.6 Å². The second-order valence-electron chi connectivity index (χ2n) is 6.80. The summed E-state index contributed by atoms with van der Waals surface area (Å²) in [4.78, 5) is 29.2. The molecule has 0 bridgehead atoms. The molecule has 1 unspecified atom stereocenters. The molecule has 30 heavy (non-hydrogen) atoms. The number of halogens is 1. The molecular weight excluding hydrogens is 420 g/mol. The van der Waals surface area contributed by atoms with E-state index in [2.05, 4.69) is 10.3 Å². The number of carbonyl (C=O) groups is 2. The zero-order valence-electron chi connectivity index (χ0n) is 15.9. The number of aromatic nitrogens is 1. The Kier molecular flexibility index (Phi) is 6.16. The molecule has 2 heterocycles. The van der Waals surface area contributed by atoms with Gasteiger partial charge in [0.1, 0.15) is 12.6 Å². The molecule has 4 rings (SSSR count). The number of rotatable bonds is 7. The highest BCUT2D eigenvalue weighted by Gasteiger charge is 2.25. The number of hydrogen-bond acceptors (Lipinski definition) is 4. The third-order valence-corrected chi connectivity index (χ3v) is 5.81. The Morgan fingerprint density at radius 2 is 1.97 bits per heavy atom. The van der Waals surface area contributed by atoms with E-state index in [9.17, 15) is 9.59 Å². The molecule has 0 spiro atoms. The molecule has 0 saturated carbocycles. The summed E-state index contributed by atoms with van der Waals surface area (Å²) in [7, 11) is 0. The first-order valence-corrected chi connectivity index (χ1v) is 10.7. The predicted octanol–water partition coefficient (Wildman–Crippen LogP) is 4.97. The van der Waals surface area contributed by atoms with Crippen molar-refractivity contribution >= 4 is 45.7 Å². The fraction of sp³-hybridized carbons (Fsp3) is 0.130. The van der Waals surface area contributed by atoms with E-state index in [-0.39, 0.29) is 12.5 Å². The summed E-state index contributed by atoms with van der Waals surface area (Å²) in [6.45, 7) is 0.0820. The quantitative estimate of drug-likeness (QED) is 0.400. The fourth-order valence-corrected chi connectivity index (χ4v) is 4.07. The minimum Gasteiger partial charge on any atom is -0.459 e. The van der Waals surface area contributed by atoms with Crippen LogP contribution in [0, 0.1) is 0 Å². The van der Waals surface area contributed by atoms with Crippen molar-refractivity contribution < 1.29 is 14.3 Å². The normalized spacial score (nSPS) is 11.9. The van der Waals surface area contributed by atoms with E-state index < -0.39 is 12.0 Å². The van der Waals surface area contributed by atoms with Gasteiger partial charge in [-0.15, -0.1) is 11.3 Å². The maximum Gasteiger partial charge on any atom is 0.329 e. The Labute approximate surface area is 182 Å². The van der Waals surface area contributed by atoms with Gasteiger partial charge in [0.25, 0.3) is 5.91 Å². The lowest BCUT2D eigenvalue weighted by Crippen LogP contribution is -2.43. The molecule has 2 aromatic heterocycles. The molecule has 0 aliphatic heterocycles. The number of esters is 1. The highest BCUT2D eigenvalue weighted by Crippen LogP contribution is 2.20. The number of H-pyrrole nitrogens is 1. The van der Waals surface area contributed by atoms with Crippen LogP contribution < -0.4 is 5.32 Å². The van der Waals surface area contributed by atoms with E-state index in [4.69, 9.17) is 16.3 Å². The van der Waals surface area contributed by atoms with Crippen molar-refractivity contribution in [2.24, 2.45) is 0 Å². The number of aromatic amines is 1. The van der Waals surface area contributed by atoms with E-state index in [1.165, 1.54) is 11.3 Å². The van der Waals surface area contributed by atoms with Gasteiger partial charge in [0.15, 0.2) is 0 Å². The van der Waals surface area contributed by atoms with Gasteiger partial charge in [0.2, 0.25) is 0 Å². The van der Waals surface area contributed by atoms with Crippen molar-refractivity contribution in [3.63, 3.8) is 0 Å². The SMILES string of the molecule is O=C(NC(Cc1c[nH]c2ccccc12)C(=O)OCc1cccc(Cl)c1)c1cccs1. The van der Waals surface area contributed by atoms with Crippen LogP contribution in [0.5, 0.6) is 0 Å². The number of thiophene rings is 1. The van der Waals surface area contributed by atoms with E-state index in [0.29, 0.717) is 16.3 Å². The zero-order valence-corrected chi connectivity index (χ0v) is 17.5. The molecule has 2 aromatic carbocycles. The van der Waals surface area contributed by atoms with E-state index in [0.717, 1.165) is 22.0 Å². The Bertz CT molecular complexity index is 1170. The third kappa shape index (κ3) is 4.72. The van der Waals surface area contributed by atoms with Crippen LogP contribution >= 0.6 is 22.9 Å². The summed E-state index contributed by atoms with van der Waals surface area (Å²) >= 11 is 7.32. The van der Waals surface area contributed by atoms with Crippen LogP contribution in [0.2, 0.25) is 5.02 Å². The average Bonchev–Trinajstić information content (AvgIpc) is 3.42. The molecule has 0 saturated heterocycles. The fourth-order valence-electron chi connectivity index (χ4n) is 3.23. The van der Waals surface area contributed by atoms with Crippen molar-refractivity contribution in [3.8, 4) is 0 Å². The number of nitrogens with one attached hydrogen (secondary N) is 2. The summed E-state index contributed by atoms with van der Waals surface area (Å²) in [6.07, 6.45) is 2.18. The monoisotopic (exact) mass is 438 g/mol. The van der Waals surface area contributed by atoms with Crippen molar-refractivity contribution in [2.45, 2.75) is 19.1 Å². The minimum absolute atomic E-state index is 0.0820. The van der Waals surface area contributed by atoms with Crippen LogP contribution in [0.1, 0.15) is 20.8 Å². The van der Waals surface area contributed by atoms with Crippen molar-refractivity contribution in [3.05, 3.63) is 93.3 Å². The Morgan fingerprint density at radius 1 is 1.10 bits per heavy atom. The first-order chi connectivity index (χ1) is 14.6. The molecule has 5 nitrogen and oxygen atoms in total. The van der Waals surface area contributed by atoms with Gasteiger partial charge >= 0.3 is 5.97 Å². The molecule has 152 valence electrons. The second-order valence-corrected chi connectivity index (χ2v) is 8.19. The zero-order chi connectivity index (χ0) is 20.9. The lowest BCUT2D eigenvalue weighted by atomic mass is 10.0. The summed E-state index contributed by atoms with van der Waals surface area (Å²) in [5.74, 6) is -0.792. The first-order valence-electron chi connectivity index (χ1n) is 9.40. The standard InChI is InChI=1S/C23H19ClN2O3S/c24-17-6-3-5-15(11-17)14-29-23(28)20(26-22(27)21-9-4-10-30-21)12-16-13-25-19-8-2-1-7-18(16)19/h1-11,13,20,25H,12,14H2,(H,26,27). The van der Waals surface area contributed by atoms with E-state index in [1.807, 2.05) is 41.9 Å². The lowest BCUT2D eigenvalue weighted by Gasteiger charge is -2.17. The molecule has 1 amide bonds. The van der Waals surface area contributed by atoms with Crippen LogP contribution in [0.3, 0.4) is 0 Å². The number of hydrogen-bond donors (Lipinski definition) is 2. The molecule has 4 aromatic rings. The molecule has 2 N–H and O–H groups in total. The minimum atomic E-state index is -0.821. The van der Waals surface area contributed by atoms with Crippen LogP contribution in [0.25, 0.3) is 10.9 Å². The third-order valence-electron chi connectivity index (χ3n) is 4.70. The molecule has 0 radical (unpaired) electrons. The molecule has 1 atom stereocenters. The summed E-state index contributed by atoms with van der Waals surface area (Å²) in [5, 5.41) is 6.23.